The zero-order valence-corrected chi connectivity index (χ0v) is 11.9. The number of rotatable bonds is 4. The number of halogens is 2. The van der Waals surface area contributed by atoms with Crippen LogP contribution in [0.1, 0.15) is 24.4 Å². The van der Waals surface area contributed by atoms with Crippen LogP contribution in [-0.4, -0.2) is 16.1 Å². The molecule has 2 aromatic rings. The second kappa shape index (κ2) is 5.40. The van der Waals surface area contributed by atoms with Crippen LogP contribution in [0.25, 0.3) is 0 Å². The summed E-state index contributed by atoms with van der Waals surface area (Å²) in [5.41, 5.74) is 0.984. The molecule has 0 aliphatic carbocycles. The molecule has 0 spiro atoms. The molecule has 3 nitrogen and oxygen atoms in total. The van der Waals surface area contributed by atoms with Crippen molar-refractivity contribution in [3.05, 3.63) is 38.5 Å². The molecule has 2 aromatic heterocycles. The number of imidazole rings is 1. The summed E-state index contributed by atoms with van der Waals surface area (Å²) in [6, 6.07) is 1.88. The molecular formula is C11H13Cl2N3S. The summed E-state index contributed by atoms with van der Waals surface area (Å²) in [6.07, 6.45) is 3.70. The molecule has 0 saturated heterocycles. The van der Waals surface area contributed by atoms with Crippen molar-refractivity contribution in [2.45, 2.75) is 13.0 Å². The quantitative estimate of drug-likeness (QED) is 0.934. The maximum absolute atomic E-state index is 6.20. The van der Waals surface area contributed by atoms with Crippen LogP contribution in [0.3, 0.4) is 0 Å². The molecule has 0 aromatic carbocycles. The Morgan fingerprint density at radius 2 is 2.29 bits per heavy atom. The third-order valence-electron chi connectivity index (χ3n) is 2.52. The van der Waals surface area contributed by atoms with E-state index in [1.807, 2.05) is 23.9 Å². The summed E-state index contributed by atoms with van der Waals surface area (Å²) in [5.74, 6) is 0.934. The van der Waals surface area contributed by atoms with E-state index in [4.69, 9.17) is 23.2 Å². The van der Waals surface area contributed by atoms with E-state index < -0.39 is 0 Å². The number of aromatic nitrogens is 2. The van der Waals surface area contributed by atoms with Gasteiger partial charge in [0.05, 0.1) is 14.7 Å². The van der Waals surface area contributed by atoms with E-state index in [0.29, 0.717) is 8.67 Å². The molecular weight excluding hydrogens is 277 g/mol. The SMILES string of the molecule is CCNC(c1cc(Cl)sc1Cl)c1nccn1C. The molecule has 0 fully saturated rings. The predicted molar refractivity (Wildman–Crippen MR) is 73.1 cm³/mol. The van der Waals surface area contributed by atoms with E-state index >= 15 is 0 Å². The molecule has 6 heteroatoms. The van der Waals surface area contributed by atoms with Gasteiger partial charge in [-0.15, -0.1) is 11.3 Å². The summed E-state index contributed by atoms with van der Waals surface area (Å²) in [7, 11) is 1.97. The molecule has 0 aliphatic rings. The van der Waals surface area contributed by atoms with Crippen LogP contribution >= 0.6 is 34.5 Å². The van der Waals surface area contributed by atoms with Gasteiger partial charge in [0, 0.05) is 25.0 Å². The first-order chi connectivity index (χ1) is 8.13. The van der Waals surface area contributed by atoms with E-state index in [2.05, 4.69) is 17.2 Å². The van der Waals surface area contributed by atoms with Crippen LogP contribution in [0, 0.1) is 0 Å². The average molecular weight is 290 g/mol. The smallest absolute Gasteiger partial charge is 0.130 e. The van der Waals surface area contributed by atoms with Crippen molar-refractivity contribution in [1.82, 2.24) is 14.9 Å². The van der Waals surface area contributed by atoms with E-state index in [9.17, 15) is 0 Å². The standard InChI is InChI=1S/C11H13Cl2N3S/c1-3-14-9(11-15-4-5-16(11)2)7-6-8(12)17-10(7)13/h4-6,9,14H,3H2,1-2H3. The van der Waals surface area contributed by atoms with E-state index in [1.54, 1.807) is 6.20 Å². The Morgan fingerprint density at radius 3 is 2.76 bits per heavy atom. The molecule has 0 bridgehead atoms. The van der Waals surface area contributed by atoms with Gasteiger partial charge in [-0.1, -0.05) is 30.1 Å². The van der Waals surface area contributed by atoms with Crippen LogP contribution in [0.5, 0.6) is 0 Å². The van der Waals surface area contributed by atoms with Gasteiger partial charge in [0.1, 0.15) is 5.82 Å². The number of nitrogens with one attached hydrogen (secondary N) is 1. The topological polar surface area (TPSA) is 29.9 Å². The first-order valence-corrected chi connectivity index (χ1v) is 6.86. The highest BCUT2D eigenvalue weighted by Gasteiger charge is 2.21. The van der Waals surface area contributed by atoms with Gasteiger partial charge >= 0.3 is 0 Å². The Kier molecular flexibility index (Phi) is 4.09. The maximum atomic E-state index is 6.20. The van der Waals surface area contributed by atoms with Crippen molar-refractivity contribution in [2.75, 3.05) is 6.54 Å². The third-order valence-corrected chi connectivity index (χ3v) is 4.04. The first-order valence-electron chi connectivity index (χ1n) is 5.28. The Morgan fingerprint density at radius 1 is 1.53 bits per heavy atom. The highest BCUT2D eigenvalue weighted by atomic mass is 35.5. The van der Waals surface area contributed by atoms with Gasteiger partial charge in [-0.2, -0.15) is 0 Å². The fourth-order valence-electron chi connectivity index (χ4n) is 1.75. The van der Waals surface area contributed by atoms with Crippen LogP contribution in [0.4, 0.5) is 0 Å². The van der Waals surface area contributed by atoms with Crippen LogP contribution in [0.15, 0.2) is 18.5 Å². The minimum Gasteiger partial charge on any atom is -0.336 e. The fourth-order valence-corrected chi connectivity index (χ4v) is 3.28. The summed E-state index contributed by atoms with van der Waals surface area (Å²) in [5, 5.41) is 3.38. The van der Waals surface area contributed by atoms with Crippen LogP contribution < -0.4 is 5.32 Å². The maximum Gasteiger partial charge on any atom is 0.130 e. The van der Waals surface area contributed by atoms with Crippen molar-refractivity contribution < 1.29 is 0 Å². The van der Waals surface area contributed by atoms with Crippen LogP contribution in [0.2, 0.25) is 8.67 Å². The Hall–Kier alpha value is -0.550. The molecule has 17 heavy (non-hydrogen) atoms. The molecule has 1 atom stereocenters. The fraction of sp³-hybridized carbons (Fsp3) is 0.364. The van der Waals surface area contributed by atoms with Crippen molar-refractivity contribution in [3.63, 3.8) is 0 Å². The predicted octanol–water partition coefficient (Wildman–Crippen LogP) is 3.49. The number of aryl methyl sites for hydroxylation is 1. The van der Waals surface area contributed by atoms with Gasteiger partial charge in [-0.3, -0.25) is 0 Å². The second-order valence-electron chi connectivity index (χ2n) is 3.67. The summed E-state index contributed by atoms with van der Waals surface area (Å²) >= 11 is 13.6. The summed E-state index contributed by atoms with van der Waals surface area (Å²) in [4.78, 5) is 4.36. The molecule has 0 radical (unpaired) electrons. The minimum absolute atomic E-state index is 0.0174. The molecule has 1 N–H and O–H groups in total. The first kappa shape index (κ1) is 12.9. The largest absolute Gasteiger partial charge is 0.336 e. The van der Waals surface area contributed by atoms with Gasteiger partial charge in [0.25, 0.3) is 0 Å². The highest BCUT2D eigenvalue weighted by molar-refractivity contribution is 7.20. The molecule has 0 amide bonds. The molecule has 0 aliphatic heterocycles. The molecule has 92 valence electrons. The summed E-state index contributed by atoms with van der Waals surface area (Å²) < 4.78 is 3.39. The normalized spacial score (nSPS) is 12.9. The Labute approximate surface area is 114 Å². The van der Waals surface area contributed by atoms with Crippen molar-refractivity contribution in [1.29, 1.82) is 0 Å². The van der Waals surface area contributed by atoms with Gasteiger partial charge in [0.2, 0.25) is 0 Å². The molecule has 2 rings (SSSR count). The van der Waals surface area contributed by atoms with Gasteiger partial charge in [-0.05, 0) is 12.6 Å². The Bertz CT molecular complexity index is 507. The zero-order valence-electron chi connectivity index (χ0n) is 9.58. The average Bonchev–Trinajstić information content (AvgIpc) is 2.82. The van der Waals surface area contributed by atoms with E-state index in [1.165, 1.54) is 11.3 Å². The lowest BCUT2D eigenvalue weighted by Crippen LogP contribution is -2.24. The highest BCUT2D eigenvalue weighted by Crippen LogP contribution is 2.36. The number of thiophene rings is 1. The van der Waals surface area contributed by atoms with Crippen molar-refractivity contribution in [2.24, 2.45) is 7.05 Å². The summed E-state index contributed by atoms with van der Waals surface area (Å²) in [6.45, 7) is 2.89. The number of nitrogens with zero attached hydrogens (tertiary/aromatic N) is 2. The van der Waals surface area contributed by atoms with E-state index in [-0.39, 0.29) is 6.04 Å². The van der Waals surface area contributed by atoms with Crippen LogP contribution in [-0.2, 0) is 7.05 Å². The van der Waals surface area contributed by atoms with Gasteiger partial charge in [0.15, 0.2) is 0 Å². The lowest BCUT2D eigenvalue weighted by molar-refractivity contribution is 0.578. The van der Waals surface area contributed by atoms with Crippen molar-refractivity contribution in [3.8, 4) is 0 Å². The monoisotopic (exact) mass is 289 g/mol. The number of hydrogen-bond acceptors (Lipinski definition) is 3. The molecule has 1 unspecified atom stereocenters. The van der Waals surface area contributed by atoms with Gasteiger partial charge < -0.3 is 9.88 Å². The molecule has 2 heterocycles. The lowest BCUT2D eigenvalue weighted by Gasteiger charge is -2.17. The Balaban J connectivity index is 2.42. The second-order valence-corrected chi connectivity index (χ2v) is 5.95. The zero-order chi connectivity index (χ0) is 12.4. The lowest BCUT2D eigenvalue weighted by atomic mass is 10.1. The van der Waals surface area contributed by atoms with Gasteiger partial charge in [-0.25, -0.2) is 4.98 Å². The molecule has 0 saturated carbocycles. The van der Waals surface area contributed by atoms with Crippen molar-refractivity contribution >= 4 is 34.5 Å². The third kappa shape index (κ3) is 2.65. The van der Waals surface area contributed by atoms with E-state index in [0.717, 1.165) is 17.9 Å². The minimum atomic E-state index is -0.0174. The number of hydrogen-bond donors (Lipinski definition) is 1.